The van der Waals surface area contributed by atoms with Crippen LogP contribution in [0.15, 0.2) is 42.6 Å². The zero-order valence-electron chi connectivity index (χ0n) is 25.4. The summed E-state index contributed by atoms with van der Waals surface area (Å²) in [5, 5.41) is 24.3. The maximum Gasteiger partial charge on any atom is 0.152 e. The number of H-pyrrole nitrogens is 1. The molecule has 0 bridgehead atoms. The summed E-state index contributed by atoms with van der Waals surface area (Å²) in [6, 6.07) is 12.2. The van der Waals surface area contributed by atoms with Crippen LogP contribution < -0.4 is 15.0 Å². The predicted molar refractivity (Wildman–Crippen MR) is 166 cm³/mol. The Morgan fingerprint density at radius 2 is 1.51 bits per heavy atom. The number of anilines is 2. The van der Waals surface area contributed by atoms with Crippen molar-refractivity contribution in [3.63, 3.8) is 0 Å². The first-order chi connectivity index (χ1) is 21.0. The Labute approximate surface area is 253 Å². The molecule has 1 fully saturated rings. The van der Waals surface area contributed by atoms with E-state index in [1.165, 1.54) is 0 Å². The summed E-state index contributed by atoms with van der Waals surface area (Å²) in [7, 11) is 0. The molecule has 0 spiro atoms. The third-order valence-corrected chi connectivity index (χ3v) is 6.93. The molecule has 1 aromatic carbocycles. The number of aliphatic hydroxyl groups excluding tert-OH is 2. The minimum absolute atomic E-state index is 0.0215. The number of fused-ring (bicyclic) bond motifs is 1. The van der Waals surface area contributed by atoms with E-state index < -0.39 is 6.23 Å². The van der Waals surface area contributed by atoms with Crippen LogP contribution in [0.2, 0.25) is 0 Å². The number of ether oxygens (including phenoxy) is 5. The van der Waals surface area contributed by atoms with Crippen LogP contribution in [0.5, 0.6) is 5.75 Å². The van der Waals surface area contributed by atoms with Crippen LogP contribution >= 0.6 is 0 Å². The molecular formula is C31H47N5O7. The van der Waals surface area contributed by atoms with Crippen molar-refractivity contribution in [3.05, 3.63) is 48.3 Å². The molecule has 1 aliphatic heterocycles. The Kier molecular flexibility index (Phi) is 13.8. The number of pyridine rings is 1. The van der Waals surface area contributed by atoms with Gasteiger partial charge in [0.25, 0.3) is 0 Å². The second kappa shape index (κ2) is 18.0. The minimum atomic E-state index is -0.719. The van der Waals surface area contributed by atoms with Crippen LogP contribution in [0.1, 0.15) is 25.8 Å². The lowest BCUT2D eigenvalue weighted by Gasteiger charge is -2.38. The van der Waals surface area contributed by atoms with E-state index >= 15 is 0 Å². The van der Waals surface area contributed by atoms with Crippen LogP contribution in [0.25, 0.3) is 10.9 Å². The average Bonchev–Trinajstić information content (AvgIpc) is 3.44. The van der Waals surface area contributed by atoms with Gasteiger partial charge < -0.3 is 49.1 Å². The molecule has 12 nitrogen and oxygen atoms in total. The quantitative estimate of drug-likeness (QED) is 0.142. The molecule has 238 valence electrons. The molecular weight excluding hydrogens is 554 g/mol. The summed E-state index contributed by atoms with van der Waals surface area (Å²) in [4.78, 5) is 12.3. The van der Waals surface area contributed by atoms with E-state index in [4.69, 9.17) is 28.8 Å². The maximum atomic E-state index is 11.2. The average molecular weight is 602 g/mol. The van der Waals surface area contributed by atoms with Gasteiger partial charge in [0.15, 0.2) is 5.82 Å². The lowest BCUT2D eigenvalue weighted by atomic mass is 10.2. The van der Waals surface area contributed by atoms with Crippen molar-refractivity contribution in [2.75, 3.05) is 102 Å². The van der Waals surface area contributed by atoms with Crippen LogP contribution in [-0.4, -0.2) is 123 Å². The van der Waals surface area contributed by atoms with Gasteiger partial charge in [-0.3, -0.25) is 4.90 Å². The number of nitrogens with zero attached hydrogens (tertiary/aromatic N) is 3. The number of nitrogens with one attached hydrogen (secondary N) is 2. The highest BCUT2D eigenvalue weighted by atomic mass is 16.6. The summed E-state index contributed by atoms with van der Waals surface area (Å²) in [5.41, 5.74) is 2.76. The van der Waals surface area contributed by atoms with Gasteiger partial charge in [-0.1, -0.05) is 0 Å². The summed E-state index contributed by atoms with van der Waals surface area (Å²) < 4.78 is 27.4. The van der Waals surface area contributed by atoms with Gasteiger partial charge in [0.1, 0.15) is 18.6 Å². The zero-order valence-corrected chi connectivity index (χ0v) is 25.4. The second-order valence-corrected chi connectivity index (χ2v) is 10.6. The van der Waals surface area contributed by atoms with E-state index in [0.717, 1.165) is 60.0 Å². The fourth-order valence-corrected chi connectivity index (χ4v) is 4.85. The van der Waals surface area contributed by atoms with Crippen molar-refractivity contribution in [1.82, 2.24) is 14.9 Å². The monoisotopic (exact) mass is 601 g/mol. The molecule has 4 rings (SSSR count). The van der Waals surface area contributed by atoms with Crippen molar-refractivity contribution < 1.29 is 33.9 Å². The molecule has 12 heteroatoms. The lowest BCUT2D eigenvalue weighted by molar-refractivity contribution is -0.00779. The number of hydrogen-bond donors (Lipinski definition) is 4. The van der Waals surface area contributed by atoms with Gasteiger partial charge in [-0.2, -0.15) is 0 Å². The van der Waals surface area contributed by atoms with Gasteiger partial charge in [0.05, 0.1) is 70.8 Å². The normalized spacial score (nSPS) is 15.0. The molecule has 0 saturated carbocycles. The van der Waals surface area contributed by atoms with E-state index in [2.05, 4.69) is 45.0 Å². The highest BCUT2D eigenvalue weighted by molar-refractivity contribution is 5.82. The first-order valence-corrected chi connectivity index (χ1v) is 15.1. The van der Waals surface area contributed by atoms with Gasteiger partial charge in [0.2, 0.25) is 0 Å². The van der Waals surface area contributed by atoms with E-state index in [9.17, 15) is 5.11 Å². The fourth-order valence-electron chi connectivity index (χ4n) is 4.85. The Hall–Kier alpha value is -2.97. The van der Waals surface area contributed by atoms with E-state index in [1.807, 2.05) is 36.5 Å². The molecule has 0 amide bonds. The Bertz CT molecular complexity index is 1200. The van der Waals surface area contributed by atoms with E-state index in [1.54, 1.807) is 0 Å². The third kappa shape index (κ3) is 10.6. The number of aromatic nitrogens is 2. The van der Waals surface area contributed by atoms with Crippen LogP contribution in [0.3, 0.4) is 0 Å². The van der Waals surface area contributed by atoms with Crippen molar-refractivity contribution in [1.29, 1.82) is 0 Å². The van der Waals surface area contributed by atoms with Crippen LogP contribution in [0, 0.1) is 0 Å². The summed E-state index contributed by atoms with van der Waals surface area (Å²) >= 11 is 0. The number of aliphatic hydroxyl groups is 2. The lowest BCUT2D eigenvalue weighted by Crippen LogP contribution is -2.48. The topological polar surface area (TPSA) is 134 Å². The largest absolute Gasteiger partial charge is 0.491 e. The third-order valence-electron chi connectivity index (χ3n) is 6.93. The maximum absolute atomic E-state index is 11.2. The molecule has 1 unspecified atom stereocenters. The highest BCUT2D eigenvalue weighted by Gasteiger charge is 2.26. The summed E-state index contributed by atoms with van der Waals surface area (Å²) in [6.45, 7) is 11.4. The van der Waals surface area contributed by atoms with Crippen molar-refractivity contribution in [3.8, 4) is 5.75 Å². The predicted octanol–water partition coefficient (Wildman–Crippen LogP) is 2.63. The Morgan fingerprint density at radius 3 is 2.16 bits per heavy atom. The van der Waals surface area contributed by atoms with Gasteiger partial charge in [-0.25, -0.2) is 4.98 Å². The number of piperazine rings is 1. The Morgan fingerprint density at radius 1 is 0.860 bits per heavy atom. The first-order valence-electron chi connectivity index (χ1n) is 15.1. The van der Waals surface area contributed by atoms with Gasteiger partial charge >= 0.3 is 0 Å². The van der Waals surface area contributed by atoms with Crippen LogP contribution in [0.4, 0.5) is 11.5 Å². The zero-order chi connectivity index (χ0) is 30.3. The first kappa shape index (κ1) is 32.9. The van der Waals surface area contributed by atoms with E-state index in [-0.39, 0.29) is 6.61 Å². The van der Waals surface area contributed by atoms with Crippen molar-refractivity contribution in [2.45, 2.75) is 26.1 Å². The standard InChI is InChI=1S/C31H47N5O7/c1-24(2)33-28-4-3-7-32-30(28)35-8-10-36(11-9-35)31(38)29-23-25-22-26(5-6-27(25)34-29)43-21-20-42-19-18-41-17-16-40-15-14-39-13-12-37/h3-7,22-24,31,33-34,37-38H,8-21H2,1-2H3. The van der Waals surface area contributed by atoms with Crippen molar-refractivity contribution in [2.24, 2.45) is 0 Å². The molecule has 0 radical (unpaired) electrons. The van der Waals surface area contributed by atoms with E-state index in [0.29, 0.717) is 65.5 Å². The number of rotatable bonds is 20. The minimum Gasteiger partial charge on any atom is -0.491 e. The molecule has 43 heavy (non-hydrogen) atoms. The van der Waals surface area contributed by atoms with Crippen molar-refractivity contribution >= 4 is 22.4 Å². The second-order valence-electron chi connectivity index (χ2n) is 10.6. The molecule has 3 aromatic rings. The fraction of sp³-hybridized carbons (Fsp3) is 0.581. The summed E-state index contributed by atoms with van der Waals surface area (Å²) in [5.74, 6) is 1.71. The van der Waals surface area contributed by atoms with Gasteiger partial charge in [-0.15, -0.1) is 0 Å². The molecule has 1 atom stereocenters. The van der Waals surface area contributed by atoms with Gasteiger partial charge in [0, 0.05) is 49.3 Å². The molecule has 2 aromatic heterocycles. The molecule has 4 N–H and O–H groups in total. The Balaban J connectivity index is 1.14. The SMILES string of the molecule is CC(C)Nc1cccnc1N1CCN(C(O)c2cc3cc(OCCOCCOCCOCCOCCO)ccc3[nH]2)CC1. The number of aromatic amines is 1. The molecule has 3 heterocycles. The van der Waals surface area contributed by atoms with Crippen LogP contribution in [-0.2, 0) is 18.9 Å². The smallest absolute Gasteiger partial charge is 0.152 e. The molecule has 1 aliphatic rings. The summed E-state index contributed by atoms with van der Waals surface area (Å²) in [6.07, 6.45) is 1.11. The number of benzene rings is 1. The number of hydrogen-bond acceptors (Lipinski definition) is 11. The molecule has 1 saturated heterocycles. The highest BCUT2D eigenvalue weighted by Crippen LogP contribution is 2.29. The molecule has 0 aliphatic carbocycles. The van der Waals surface area contributed by atoms with Gasteiger partial charge in [-0.05, 0) is 50.2 Å².